The Bertz CT molecular complexity index is 842. The van der Waals surface area contributed by atoms with Crippen molar-refractivity contribution in [1.82, 2.24) is 0 Å². The molecular weight excluding hydrogens is 390 g/mol. The summed E-state index contributed by atoms with van der Waals surface area (Å²) in [6.45, 7) is 22.2. The Morgan fingerprint density at radius 1 is 0.844 bits per heavy atom. The summed E-state index contributed by atoms with van der Waals surface area (Å²) in [5.74, 6) is 3.88. The van der Waals surface area contributed by atoms with Gasteiger partial charge in [0, 0.05) is 5.41 Å². The highest BCUT2D eigenvalue weighted by atomic mass is 16.4. The summed E-state index contributed by atoms with van der Waals surface area (Å²) in [4.78, 5) is 0. The Hall–Kier alpha value is -0.790. The Balaban J connectivity index is 1.54. The normalized spacial score (nSPS) is 55.5. The molecule has 9 atom stereocenters. The van der Waals surface area contributed by atoms with Gasteiger partial charge in [-0.15, -0.1) is 0 Å². The van der Waals surface area contributed by atoms with Crippen molar-refractivity contribution in [2.24, 2.45) is 61.8 Å². The van der Waals surface area contributed by atoms with Gasteiger partial charge in [0.15, 0.2) is 0 Å². The number of fused-ring (bicyclic) bond motifs is 7. The highest BCUT2D eigenvalue weighted by Crippen LogP contribution is 2.77. The molecule has 32 heavy (non-hydrogen) atoms. The monoisotopic (exact) mass is 439 g/mol. The molecule has 5 aliphatic rings. The molecule has 0 bridgehead atoms. The number of nitrogens with zero attached hydrogens (tertiary/aromatic N) is 1. The van der Waals surface area contributed by atoms with Gasteiger partial charge in [-0.05, 0) is 122 Å². The van der Waals surface area contributed by atoms with Crippen LogP contribution in [0.25, 0.3) is 0 Å². The lowest BCUT2D eigenvalue weighted by atomic mass is 9.32. The van der Waals surface area contributed by atoms with Gasteiger partial charge in [0.25, 0.3) is 0 Å². The lowest BCUT2D eigenvalue weighted by Gasteiger charge is -2.72. The van der Waals surface area contributed by atoms with E-state index in [2.05, 4.69) is 60.2 Å². The fraction of sp³-hybridized carbons (Fsp3) is 0.900. The molecule has 2 heteroatoms. The molecule has 5 rings (SSSR count). The maximum Gasteiger partial charge on any atom is 0.0630 e. The molecule has 0 spiro atoms. The van der Waals surface area contributed by atoms with Gasteiger partial charge >= 0.3 is 0 Å². The largest absolute Gasteiger partial charge is 0.411 e. The maximum atomic E-state index is 9.74. The minimum Gasteiger partial charge on any atom is -0.411 e. The summed E-state index contributed by atoms with van der Waals surface area (Å²) in [5.41, 5.74) is 4.29. The fourth-order valence-corrected chi connectivity index (χ4v) is 11.5. The number of hydrogen-bond donors (Lipinski definition) is 1. The Labute approximate surface area is 197 Å². The quantitative estimate of drug-likeness (QED) is 0.248. The van der Waals surface area contributed by atoms with Gasteiger partial charge < -0.3 is 5.21 Å². The first kappa shape index (κ1) is 23.0. The average Bonchev–Trinajstić information content (AvgIpc) is 3.06. The highest BCUT2D eigenvalue weighted by Gasteiger charge is 2.70. The van der Waals surface area contributed by atoms with Crippen LogP contribution in [-0.2, 0) is 0 Å². The zero-order valence-electron chi connectivity index (χ0n) is 22.1. The molecule has 5 aliphatic carbocycles. The van der Waals surface area contributed by atoms with Gasteiger partial charge in [0.05, 0.1) is 5.71 Å². The first-order chi connectivity index (χ1) is 14.8. The van der Waals surface area contributed by atoms with Crippen molar-refractivity contribution in [3.05, 3.63) is 12.2 Å². The van der Waals surface area contributed by atoms with Crippen molar-refractivity contribution >= 4 is 5.71 Å². The minimum atomic E-state index is 0.0163. The van der Waals surface area contributed by atoms with Crippen LogP contribution < -0.4 is 0 Å². The van der Waals surface area contributed by atoms with Gasteiger partial charge in [0.1, 0.15) is 0 Å². The number of allylic oxidation sites excluding steroid dienone is 1. The van der Waals surface area contributed by atoms with Crippen LogP contribution in [0, 0.1) is 56.7 Å². The van der Waals surface area contributed by atoms with Gasteiger partial charge in [-0.3, -0.25) is 0 Å². The van der Waals surface area contributed by atoms with E-state index in [0.29, 0.717) is 27.6 Å². The Kier molecular flexibility index (Phi) is 4.94. The van der Waals surface area contributed by atoms with Crippen LogP contribution in [-0.4, -0.2) is 10.9 Å². The van der Waals surface area contributed by atoms with Crippen molar-refractivity contribution in [3.8, 4) is 0 Å². The molecule has 5 saturated carbocycles. The molecule has 0 aromatic heterocycles. The van der Waals surface area contributed by atoms with E-state index >= 15 is 0 Å². The second-order valence-electron chi connectivity index (χ2n) is 14.6. The van der Waals surface area contributed by atoms with E-state index < -0.39 is 0 Å². The highest BCUT2D eigenvalue weighted by molar-refractivity contribution is 5.90. The Morgan fingerprint density at radius 2 is 1.56 bits per heavy atom. The van der Waals surface area contributed by atoms with Gasteiger partial charge in [-0.25, -0.2) is 0 Å². The van der Waals surface area contributed by atoms with E-state index in [9.17, 15) is 5.21 Å². The SMILES string of the molecule is C=C(C)[C@@H]1CC[C@]2(C)CC[C@]3(C)[C@H](CC[C@@H]4[C@@]5(C)CC/C(=N/O)C(C)(C)[C@H]5CC[C@]43C)[C@@H]12. The predicted octanol–water partition coefficient (Wildman–Crippen LogP) is 8.49. The number of rotatable bonds is 1. The van der Waals surface area contributed by atoms with Crippen LogP contribution in [0.2, 0.25) is 0 Å². The summed E-state index contributed by atoms with van der Waals surface area (Å²) in [6, 6.07) is 0. The summed E-state index contributed by atoms with van der Waals surface area (Å²) in [7, 11) is 0. The molecule has 0 unspecified atom stereocenters. The third-order valence-corrected chi connectivity index (χ3v) is 13.4. The van der Waals surface area contributed by atoms with Crippen LogP contribution in [0.1, 0.15) is 113 Å². The summed E-state index contributed by atoms with van der Waals surface area (Å²) in [5, 5.41) is 13.5. The van der Waals surface area contributed by atoms with Crippen LogP contribution in [0.4, 0.5) is 0 Å². The van der Waals surface area contributed by atoms with Crippen LogP contribution >= 0.6 is 0 Å². The van der Waals surface area contributed by atoms with Crippen molar-refractivity contribution in [3.63, 3.8) is 0 Å². The van der Waals surface area contributed by atoms with Crippen molar-refractivity contribution in [2.45, 2.75) is 113 Å². The molecule has 0 radical (unpaired) electrons. The molecule has 0 heterocycles. The van der Waals surface area contributed by atoms with E-state index in [0.717, 1.165) is 35.8 Å². The topological polar surface area (TPSA) is 32.6 Å². The summed E-state index contributed by atoms with van der Waals surface area (Å²) in [6.07, 6.45) is 13.3. The van der Waals surface area contributed by atoms with E-state index in [1.165, 1.54) is 63.4 Å². The fourth-order valence-electron chi connectivity index (χ4n) is 11.5. The zero-order valence-corrected chi connectivity index (χ0v) is 22.1. The van der Waals surface area contributed by atoms with Gasteiger partial charge in [-0.1, -0.05) is 58.9 Å². The number of hydrogen-bond acceptors (Lipinski definition) is 2. The van der Waals surface area contributed by atoms with Crippen molar-refractivity contribution in [1.29, 1.82) is 0 Å². The first-order valence-electron chi connectivity index (χ1n) is 13.7. The smallest absolute Gasteiger partial charge is 0.0630 e. The van der Waals surface area contributed by atoms with E-state index in [4.69, 9.17) is 0 Å². The average molecular weight is 440 g/mol. The molecule has 0 aromatic rings. The molecular formula is C30H49NO. The van der Waals surface area contributed by atoms with Gasteiger partial charge in [0.2, 0.25) is 0 Å². The number of oxime groups is 1. The molecule has 0 amide bonds. The second-order valence-corrected chi connectivity index (χ2v) is 14.6. The van der Waals surface area contributed by atoms with E-state index in [1.807, 2.05) is 0 Å². The predicted molar refractivity (Wildman–Crippen MR) is 134 cm³/mol. The third-order valence-electron chi connectivity index (χ3n) is 13.4. The summed E-state index contributed by atoms with van der Waals surface area (Å²) < 4.78 is 0. The molecule has 180 valence electrons. The molecule has 5 fully saturated rings. The lowest BCUT2D eigenvalue weighted by molar-refractivity contribution is -0.226. The first-order valence-corrected chi connectivity index (χ1v) is 13.7. The summed E-state index contributed by atoms with van der Waals surface area (Å²) >= 11 is 0. The Morgan fingerprint density at radius 3 is 2.22 bits per heavy atom. The standard InChI is InChI=1S/C30H49NO/c1-19(2)20-11-14-27(5)17-18-29(7)21(25(20)27)9-10-23-28(6)15-13-24(31-32)26(3,4)22(28)12-16-30(23,29)8/h20-23,25,32H,1,9-18H2,2-8H3/b31-24-/t20-,21+,22+,23+,25+,27+,28-,29+,30+/m0/s1. The van der Waals surface area contributed by atoms with Crippen LogP contribution in [0.5, 0.6) is 0 Å². The van der Waals surface area contributed by atoms with Gasteiger partial charge in [-0.2, -0.15) is 0 Å². The molecule has 0 aromatic carbocycles. The zero-order chi connectivity index (χ0) is 23.3. The second kappa shape index (κ2) is 6.88. The van der Waals surface area contributed by atoms with Crippen LogP contribution in [0.3, 0.4) is 0 Å². The maximum absolute atomic E-state index is 9.74. The van der Waals surface area contributed by atoms with E-state index in [1.54, 1.807) is 0 Å². The van der Waals surface area contributed by atoms with Crippen LogP contribution in [0.15, 0.2) is 17.3 Å². The molecule has 0 aliphatic heterocycles. The molecule has 2 nitrogen and oxygen atoms in total. The minimum absolute atomic E-state index is 0.0163. The van der Waals surface area contributed by atoms with Crippen molar-refractivity contribution in [2.75, 3.05) is 0 Å². The van der Waals surface area contributed by atoms with Crippen molar-refractivity contribution < 1.29 is 5.21 Å². The third kappa shape index (κ3) is 2.62. The van der Waals surface area contributed by atoms with E-state index in [-0.39, 0.29) is 5.41 Å². The molecule has 0 saturated heterocycles. The lowest BCUT2D eigenvalue weighted by Crippen LogP contribution is -2.66. The molecule has 1 N–H and O–H groups in total.